The normalized spacial score (nSPS) is 26.0. The van der Waals surface area contributed by atoms with Gasteiger partial charge in [0.15, 0.2) is 0 Å². The lowest BCUT2D eigenvalue weighted by atomic mass is 10.00. The molecule has 1 unspecified atom stereocenters. The minimum Gasteiger partial charge on any atom is -0.457 e. The van der Waals surface area contributed by atoms with Crippen LogP contribution in [0.3, 0.4) is 0 Å². The molecule has 0 saturated carbocycles. The van der Waals surface area contributed by atoms with Gasteiger partial charge < -0.3 is 9.84 Å². The van der Waals surface area contributed by atoms with Crippen LogP contribution in [0.2, 0.25) is 0 Å². The summed E-state index contributed by atoms with van der Waals surface area (Å²) in [5.74, 6) is 1.74. The Morgan fingerprint density at radius 3 is 2.82 bits per heavy atom. The van der Waals surface area contributed by atoms with Crippen molar-refractivity contribution < 1.29 is 9.84 Å². The average molecular weight is 226 g/mol. The molecule has 0 saturated heterocycles. The van der Waals surface area contributed by atoms with E-state index in [-0.39, 0.29) is 0 Å². The molecular weight excluding hydrogens is 212 g/mol. The van der Waals surface area contributed by atoms with Crippen LogP contribution in [0.15, 0.2) is 59.9 Å². The molecule has 1 aromatic carbocycles. The predicted octanol–water partition coefficient (Wildman–Crippen LogP) is 2.75. The third kappa shape index (κ3) is 1.92. The lowest BCUT2D eigenvalue weighted by Crippen LogP contribution is -2.15. The number of benzene rings is 1. The summed E-state index contributed by atoms with van der Waals surface area (Å²) in [6, 6.07) is 8.02. The highest BCUT2D eigenvalue weighted by molar-refractivity contribution is 5.48. The van der Waals surface area contributed by atoms with Crippen molar-refractivity contribution in [2.75, 3.05) is 0 Å². The quantitative estimate of drug-likeness (QED) is 0.737. The molecule has 2 aliphatic rings. The summed E-state index contributed by atoms with van der Waals surface area (Å²) in [5.41, 5.74) is 1.40. The second-order valence-corrected chi connectivity index (χ2v) is 4.67. The second-order valence-electron chi connectivity index (χ2n) is 4.67. The van der Waals surface area contributed by atoms with Crippen LogP contribution in [0.25, 0.3) is 0 Å². The van der Waals surface area contributed by atoms with Crippen molar-refractivity contribution >= 4 is 0 Å². The molecule has 1 aliphatic heterocycles. The number of aliphatic hydroxyl groups is 1. The highest BCUT2D eigenvalue weighted by Gasteiger charge is 2.21. The zero-order valence-electron chi connectivity index (χ0n) is 9.68. The minimum absolute atomic E-state index is 0.831. The van der Waals surface area contributed by atoms with Gasteiger partial charge in [-0.1, -0.05) is 24.3 Å². The van der Waals surface area contributed by atoms with Crippen molar-refractivity contribution in [3.05, 3.63) is 65.5 Å². The molecule has 1 heterocycles. The van der Waals surface area contributed by atoms with Gasteiger partial charge in [-0.3, -0.25) is 0 Å². The number of para-hydroxylation sites is 1. The first-order chi connectivity index (χ1) is 8.14. The highest BCUT2D eigenvalue weighted by atomic mass is 16.5. The van der Waals surface area contributed by atoms with Gasteiger partial charge in [0, 0.05) is 6.42 Å². The van der Waals surface area contributed by atoms with E-state index in [1.54, 1.807) is 19.1 Å². The standard InChI is InChI=1S/C15H14O2/c1-15(16)8-6-12-10-11-4-2-3-5-13(11)17-14(12)7-9-15/h2-9,16H,10H2,1H3. The van der Waals surface area contributed by atoms with Gasteiger partial charge in [-0.25, -0.2) is 0 Å². The first-order valence-electron chi connectivity index (χ1n) is 5.74. The van der Waals surface area contributed by atoms with Crippen LogP contribution >= 0.6 is 0 Å². The Labute approximate surface area is 101 Å². The van der Waals surface area contributed by atoms with Gasteiger partial charge in [0.1, 0.15) is 11.5 Å². The van der Waals surface area contributed by atoms with Crippen LogP contribution in [0.4, 0.5) is 0 Å². The van der Waals surface area contributed by atoms with Crippen LogP contribution in [0, 0.1) is 0 Å². The van der Waals surface area contributed by atoms with E-state index in [9.17, 15) is 5.11 Å². The summed E-state index contributed by atoms with van der Waals surface area (Å²) in [5, 5.41) is 9.96. The van der Waals surface area contributed by atoms with E-state index in [0.717, 1.165) is 23.5 Å². The summed E-state index contributed by atoms with van der Waals surface area (Å²) < 4.78 is 5.84. The molecule has 0 fully saturated rings. The van der Waals surface area contributed by atoms with Gasteiger partial charge in [0.2, 0.25) is 0 Å². The Balaban J connectivity index is 2.02. The summed E-state index contributed by atoms with van der Waals surface area (Å²) in [7, 11) is 0. The third-order valence-corrected chi connectivity index (χ3v) is 3.08. The lowest BCUT2D eigenvalue weighted by Gasteiger charge is -2.19. The molecule has 86 valence electrons. The van der Waals surface area contributed by atoms with Gasteiger partial charge in [-0.15, -0.1) is 0 Å². The average Bonchev–Trinajstić information content (AvgIpc) is 2.47. The zero-order chi connectivity index (χ0) is 11.9. The van der Waals surface area contributed by atoms with Crippen molar-refractivity contribution in [1.82, 2.24) is 0 Å². The topological polar surface area (TPSA) is 29.5 Å². The SMILES string of the molecule is CC1(O)C=CC2=C(C=C1)Oc1ccccc1C2. The first-order valence-corrected chi connectivity index (χ1v) is 5.74. The van der Waals surface area contributed by atoms with E-state index in [1.165, 1.54) is 5.56 Å². The van der Waals surface area contributed by atoms with Crippen molar-refractivity contribution in [1.29, 1.82) is 0 Å². The molecule has 2 heteroatoms. The van der Waals surface area contributed by atoms with Crippen LogP contribution in [-0.4, -0.2) is 10.7 Å². The Morgan fingerprint density at radius 2 is 1.94 bits per heavy atom. The van der Waals surface area contributed by atoms with E-state index >= 15 is 0 Å². The fourth-order valence-electron chi connectivity index (χ4n) is 2.08. The smallest absolute Gasteiger partial charge is 0.130 e. The minimum atomic E-state index is -0.896. The number of hydrogen-bond donors (Lipinski definition) is 1. The first kappa shape index (κ1) is 10.4. The van der Waals surface area contributed by atoms with E-state index in [0.29, 0.717) is 0 Å². The van der Waals surface area contributed by atoms with E-state index < -0.39 is 5.60 Å². The summed E-state index contributed by atoms with van der Waals surface area (Å²) in [6.07, 6.45) is 8.20. The maximum absolute atomic E-state index is 9.96. The third-order valence-electron chi connectivity index (χ3n) is 3.08. The monoisotopic (exact) mass is 226 g/mol. The van der Waals surface area contributed by atoms with E-state index in [4.69, 9.17) is 4.74 Å². The summed E-state index contributed by atoms with van der Waals surface area (Å²) in [6.45, 7) is 1.76. The maximum atomic E-state index is 9.96. The van der Waals surface area contributed by atoms with E-state index in [2.05, 4.69) is 6.07 Å². The van der Waals surface area contributed by atoms with Crippen molar-refractivity contribution in [3.63, 3.8) is 0 Å². The molecule has 17 heavy (non-hydrogen) atoms. The number of allylic oxidation sites excluding steroid dienone is 3. The molecule has 1 aromatic rings. The van der Waals surface area contributed by atoms with Crippen LogP contribution in [-0.2, 0) is 6.42 Å². The zero-order valence-corrected chi connectivity index (χ0v) is 9.68. The van der Waals surface area contributed by atoms with Crippen LogP contribution in [0.1, 0.15) is 12.5 Å². The lowest BCUT2D eigenvalue weighted by molar-refractivity contribution is 0.164. The Morgan fingerprint density at radius 1 is 1.18 bits per heavy atom. The fourth-order valence-corrected chi connectivity index (χ4v) is 2.08. The maximum Gasteiger partial charge on any atom is 0.130 e. The van der Waals surface area contributed by atoms with Gasteiger partial charge in [0.25, 0.3) is 0 Å². The van der Waals surface area contributed by atoms with Gasteiger partial charge in [-0.2, -0.15) is 0 Å². The summed E-state index contributed by atoms with van der Waals surface area (Å²) in [4.78, 5) is 0. The second kappa shape index (κ2) is 3.60. The number of fused-ring (bicyclic) bond motifs is 1. The van der Waals surface area contributed by atoms with Crippen molar-refractivity contribution in [2.45, 2.75) is 18.9 Å². The molecule has 3 rings (SSSR count). The largest absolute Gasteiger partial charge is 0.457 e. The van der Waals surface area contributed by atoms with Crippen molar-refractivity contribution in [2.24, 2.45) is 0 Å². The molecule has 0 amide bonds. The Bertz CT molecular complexity index is 501. The Kier molecular flexibility index (Phi) is 2.20. The predicted molar refractivity (Wildman–Crippen MR) is 66.7 cm³/mol. The molecule has 2 nitrogen and oxygen atoms in total. The highest BCUT2D eigenvalue weighted by Crippen LogP contribution is 2.32. The molecule has 0 bridgehead atoms. The summed E-state index contributed by atoms with van der Waals surface area (Å²) >= 11 is 0. The van der Waals surface area contributed by atoms with Crippen LogP contribution in [0.5, 0.6) is 5.75 Å². The molecule has 0 radical (unpaired) electrons. The number of rotatable bonds is 0. The molecule has 1 atom stereocenters. The fraction of sp³-hybridized carbons (Fsp3) is 0.200. The number of ether oxygens (including phenoxy) is 1. The molecule has 1 N–H and O–H groups in total. The van der Waals surface area contributed by atoms with Gasteiger partial charge in [0.05, 0.1) is 5.60 Å². The molecule has 1 aliphatic carbocycles. The Hall–Kier alpha value is -1.80. The van der Waals surface area contributed by atoms with Gasteiger partial charge >= 0.3 is 0 Å². The molecule has 0 aromatic heterocycles. The molecular formula is C15H14O2. The van der Waals surface area contributed by atoms with Crippen molar-refractivity contribution in [3.8, 4) is 5.75 Å². The number of hydrogen-bond acceptors (Lipinski definition) is 2. The van der Waals surface area contributed by atoms with Crippen LogP contribution < -0.4 is 4.74 Å². The van der Waals surface area contributed by atoms with E-state index in [1.807, 2.05) is 30.4 Å². The molecule has 0 spiro atoms. The van der Waals surface area contributed by atoms with Gasteiger partial charge in [-0.05, 0) is 42.4 Å².